The number of rotatable bonds is 8. The molecule has 0 spiro atoms. The SMILES string of the molecule is CSc1nc(C)cc(C(=O)NCCCCCC(=O)O)n1. The molecule has 0 fully saturated rings. The van der Waals surface area contributed by atoms with Crippen molar-refractivity contribution in [1.29, 1.82) is 0 Å². The summed E-state index contributed by atoms with van der Waals surface area (Å²) in [7, 11) is 0. The van der Waals surface area contributed by atoms with Crippen LogP contribution in [0.25, 0.3) is 0 Å². The normalized spacial score (nSPS) is 10.3. The molecule has 6 nitrogen and oxygen atoms in total. The van der Waals surface area contributed by atoms with Crippen molar-refractivity contribution < 1.29 is 14.7 Å². The van der Waals surface area contributed by atoms with Crippen molar-refractivity contribution in [3.05, 3.63) is 17.5 Å². The topological polar surface area (TPSA) is 92.2 Å². The molecule has 2 N–H and O–H groups in total. The standard InChI is InChI=1S/C13H19N3O3S/c1-9-8-10(16-13(15-9)20-2)12(19)14-7-5-3-4-6-11(17)18/h8H,3-7H2,1-2H3,(H,14,19)(H,17,18). The van der Waals surface area contributed by atoms with Gasteiger partial charge in [0, 0.05) is 18.7 Å². The van der Waals surface area contributed by atoms with E-state index in [0.29, 0.717) is 23.8 Å². The second-order valence-electron chi connectivity index (χ2n) is 4.34. The highest BCUT2D eigenvalue weighted by Crippen LogP contribution is 2.10. The third kappa shape index (κ3) is 6.01. The lowest BCUT2D eigenvalue weighted by atomic mass is 10.2. The first kappa shape index (κ1) is 16.4. The molecule has 1 rings (SSSR count). The number of carbonyl (C=O) groups is 2. The van der Waals surface area contributed by atoms with E-state index >= 15 is 0 Å². The van der Waals surface area contributed by atoms with Gasteiger partial charge in [0.1, 0.15) is 5.69 Å². The number of aliphatic carboxylic acids is 1. The Balaban J connectivity index is 2.36. The monoisotopic (exact) mass is 297 g/mol. The van der Waals surface area contributed by atoms with Crippen LogP contribution in [0.3, 0.4) is 0 Å². The number of carboxylic acid groups (broad SMARTS) is 1. The minimum absolute atomic E-state index is 0.177. The van der Waals surface area contributed by atoms with Gasteiger partial charge in [-0.2, -0.15) is 0 Å². The van der Waals surface area contributed by atoms with Crippen molar-refractivity contribution in [2.75, 3.05) is 12.8 Å². The lowest BCUT2D eigenvalue weighted by Crippen LogP contribution is -2.25. The van der Waals surface area contributed by atoms with Crippen LogP contribution in [0.2, 0.25) is 0 Å². The average Bonchev–Trinajstić information content (AvgIpc) is 2.41. The van der Waals surface area contributed by atoms with Gasteiger partial charge >= 0.3 is 5.97 Å². The Bertz CT molecular complexity index is 480. The maximum Gasteiger partial charge on any atom is 0.303 e. The number of amides is 1. The van der Waals surface area contributed by atoms with Gasteiger partial charge in [-0.15, -0.1) is 0 Å². The molecule has 1 aromatic heterocycles. The fourth-order valence-corrected chi connectivity index (χ4v) is 2.04. The van der Waals surface area contributed by atoms with Crippen molar-refractivity contribution in [2.24, 2.45) is 0 Å². The van der Waals surface area contributed by atoms with Crippen LogP contribution in [0, 0.1) is 6.92 Å². The Morgan fingerprint density at radius 1 is 1.30 bits per heavy atom. The van der Waals surface area contributed by atoms with E-state index in [9.17, 15) is 9.59 Å². The molecule has 0 saturated heterocycles. The van der Waals surface area contributed by atoms with Crippen molar-refractivity contribution in [1.82, 2.24) is 15.3 Å². The van der Waals surface area contributed by atoms with E-state index in [1.165, 1.54) is 11.8 Å². The number of nitrogens with zero attached hydrogens (tertiary/aromatic N) is 2. The lowest BCUT2D eigenvalue weighted by Gasteiger charge is -2.06. The molecule has 1 heterocycles. The van der Waals surface area contributed by atoms with E-state index in [-0.39, 0.29) is 12.3 Å². The highest BCUT2D eigenvalue weighted by atomic mass is 32.2. The molecule has 110 valence electrons. The summed E-state index contributed by atoms with van der Waals surface area (Å²) in [5.41, 5.74) is 1.13. The number of unbranched alkanes of at least 4 members (excludes halogenated alkanes) is 2. The van der Waals surface area contributed by atoms with Crippen LogP contribution in [0.4, 0.5) is 0 Å². The molecule has 0 aliphatic carbocycles. The van der Waals surface area contributed by atoms with Gasteiger partial charge in [0.05, 0.1) is 0 Å². The number of carboxylic acids is 1. The molecule has 1 amide bonds. The minimum atomic E-state index is -0.782. The third-order valence-corrected chi connectivity index (χ3v) is 3.15. The average molecular weight is 297 g/mol. The Morgan fingerprint density at radius 3 is 2.70 bits per heavy atom. The van der Waals surface area contributed by atoms with Gasteiger partial charge in [-0.05, 0) is 32.1 Å². The molecule has 0 aliphatic heterocycles. The van der Waals surface area contributed by atoms with E-state index in [0.717, 1.165) is 18.5 Å². The molecule has 0 aromatic carbocycles. The fourth-order valence-electron chi connectivity index (χ4n) is 1.62. The number of carbonyl (C=O) groups excluding carboxylic acids is 1. The number of aryl methyl sites for hydroxylation is 1. The molecular formula is C13H19N3O3S. The smallest absolute Gasteiger partial charge is 0.303 e. The van der Waals surface area contributed by atoms with Crippen LogP contribution in [0.15, 0.2) is 11.2 Å². The van der Waals surface area contributed by atoms with Gasteiger partial charge in [-0.25, -0.2) is 9.97 Å². The van der Waals surface area contributed by atoms with Crippen LogP contribution in [0.1, 0.15) is 41.9 Å². The van der Waals surface area contributed by atoms with Gasteiger partial charge in [-0.1, -0.05) is 18.2 Å². The van der Waals surface area contributed by atoms with Gasteiger partial charge in [0.15, 0.2) is 5.16 Å². The van der Waals surface area contributed by atoms with Crippen LogP contribution in [0.5, 0.6) is 0 Å². The quantitative estimate of drug-likeness (QED) is 0.432. The fraction of sp³-hybridized carbons (Fsp3) is 0.538. The molecule has 7 heteroatoms. The van der Waals surface area contributed by atoms with Crippen molar-refractivity contribution in [3.63, 3.8) is 0 Å². The number of aromatic nitrogens is 2. The molecule has 0 radical (unpaired) electrons. The van der Waals surface area contributed by atoms with Gasteiger partial charge in [0.25, 0.3) is 5.91 Å². The highest BCUT2D eigenvalue weighted by molar-refractivity contribution is 7.98. The largest absolute Gasteiger partial charge is 0.481 e. The molecule has 0 saturated carbocycles. The first-order valence-electron chi connectivity index (χ1n) is 6.42. The van der Waals surface area contributed by atoms with E-state index in [1.807, 2.05) is 13.2 Å². The van der Waals surface area contributed by atoms with Crippen LogP contribution in [-0.4, -0.2) is 39.8 Å². The lowest BCUT2D eigenvalue weighted by molar-refractivity contribution is -0.137. The zero-order valence-electron chi connectivity index (χ0n) is 11.7. The van der Waals surface area contributed by atoms with Gasteiger partial charge in [-0.3, -0.25) is 9.59 Å². The maximum absolute atomic E-state index is 11.9. The van der Waals surface area contributed by atoms with E-state index in [2.05, 4.69) is 15.3 Å². The Labute approximate surface area is 122 Å². The Hall–Kier alpha value is -1.63. The van der Waals surface area contributed by atoms with Crippen LogP contribution >= 0.6 is 11.8 Å². The summed E-state index contributed by atoms with van der Waals surface area (Å²) in [5, 5.41) is 11.9. The van der Waals surface area contributed by atoms with E-state index in [1.54, 1.807) is 6.07 Å². The molecule has 20 heavy (non-hydrogen) atoms. The summed E-state index contributed by atoms with van der Waals surface area (Å²) in [6.45, 7) is 2.35. The van der Waals surface area contributed by atoms with Gasteiger partial charge < -0.3 is 10.4 Å². The van der Waals surface area contributed by atoms with Crippen LogP contribution < -0.4 is 5.32 Å². The molecule has 0 atom stereocenters. The predicted octanol–water partition coefficient (Wildman–Crippen LogP) is 1.88. The van der Waals surface area contributed by atoms with Crippen LogP contribution in [-0.2, 0) is 4.79 Å². The summed E-state index contributed by atoms with van der Waals surface area (Å²) in [6.07, 6.45) is 4.22. The second-order valence-corrected chi connectivity index (χ2v) is 5.11. The molecule has 0 bridgehead atoms. The minimum Gasteiger partial charge on any atom is -0.481 e. The number of hydrogen-bond acceptors (Lipinski definition) is 5. The summed E-state index contributed by atoms with van der Waals surface area (Å²) in [6, 6.07) is 1.65. The molecule has 1 aromatic rings. The highest BCUT2D eigenvalue weighted by Gasteiger charge is 2.09. The van der Waals surface area contributed by atoms with E-state index < -0.39 is 5.97 Å². The summed E-state index contributed by atoms with van der Waals surface area (Å²) >= 11 is 1.39. The first-order valence-corrected chi connectivity index (χ1v) is 7.65. The summed E-state index contributed by atoms with van der Waals surface area (Å²) in [5.74, 6) is -1.00. The number of hydrogen-bond donors (Lipinski definition) is 2. The molecule has 0 unspecified atom stereocenters. The summed E-state index contributed by atoms with van der Waals surface area (Å²) in [4.78, 5) is 30.6. The van der Waals surface area contributed by atoms with Crippen molar-refractivity contribution in [2.45, 2.75) is 37.8 Å². The summed E-state index contributed by atoms with van der Waals surface area (Å²) < 4.78 is 0. The van der Waals surface area contributed by atoms with Crippen molar-refractivity contribution in [3.8, 4) is 0 Å². The second kappa shape index (κ2) is 8.52. The molecule has 0 aliphatic rings. The number of thioether (sulfide) groups is 1. The molecular weight excluding hydrogens is 278 g/mol. The Morgan fingerprint density at radius 2 is 2.05 bits per heavy atom. The van der Waals surface area contributed by atoms with Gasteiger partial charge in [0.2, 0.25) is 0 Å². The predicted molar refractivity (Wildman–Crippen MR) is 77.0 cm³/mol. The zero-order valence-corrected chi connectivity index (χ0v) is 12.5. The van der Waals surface area contributed by atoms with E-state index in [4.69, 9.17) is 5.11 Å². The number of nitrogens with one attached hydrogen (secondary N) is 1. The van der Waals surface area contributed by atoms with Crippen molar-refractivity contribution >= 4 is 23.6 Å². The zero-order chi connectivity index (χ0) is 15.0. The maximum atomic E-state index is 11.9. The Kier molecular flexibility index (Phi) is 7.00. The third-order valence-electron chi connectivity index (χ3n) is 2.60. The first-order chi connectivity index (χ1) is 9.52.